The minimum atomic E-state index is -0.375. The lowest BCUT2D eigenvalue weighted by Gasteiger charge is -2.36. The fourth-order valence-electron chi connectivity index (χ4n) is 2.27. The number of morpholine rings is 1. The molecule has 2 unspecified atom stereocenters. The first-order chi connectivity index (χ1) is 9.49. The van der Waals surface area contributed by atoms with Crippen molar-refractivity contribution in [3.05, 3.63) is 28.7 Å². The molecule has 0 saturated carbocycles. The maximum absolute atomic E-state index is 12.2. The summed E-state index contributed by atoms with van der Waals surface area (Å²) >= 11 is 0. The number of ether oxygens (including phenoxy) is 1. The first-order valence-corrected chi connectivity index (χ1v) is 6.49. The molecule has 1 amide bonds. The van der Waals surface area contributed by atoms with E-state index >= 15 is 0 Å². The van der Waals surface area contributed by atoms with Gasteiger partial charge in [-0.25, -0.2) is 0 Å². The molecule has 2 atom stereocenters. The first-order valence-electron chi connectivity index (χ1n) is 6.49. The SMILES string of the molecule is CC1CN(C(=O)Cn2cc(N)ccc2=O)CC(CO)O1. The van der Waals surface area contributed by atoms with Crippen molar-refractivity contribution in [2.75, 3.05) is 25.4 Å². The zero-order valence-electron chi connectivity index (χ0n) is 11.4. The van der Waals surface area contributed by atoms with Crippen LogP contribution in [0.5, 0.6) is 0 Å². The number of amides is 1. The van der Waals surface area contributed by atoms with Crippen LogP contribution >= 0.6 is 0 Å². The Morgan fingerprint density at radius 1 is 1.50 bits per heavy atom. The van der Waals surface area contributed by atoms with Crippen molar-refractivity contribution in [3.8, 4) is 0 Å². The molecule has 0 aromatic carbocycles. The van der Waals surface area contributed by atoms with Crippen molar-refractivity contribution in [1.29, 1.82) is 0 Å². The number of aliphatic hydroxyl groups is 1. The molecule has 2 rings (SSSR count). The Kier molecular flexibility index (Phi) is 4.41. The highest BCUT2D eigenvalue weighted by atomic mass is 16.5. The van der Waals surface area contributed by atoms with E-state index in [9.17, 15) is 9.59 Å². The Balaban J connectivity index is 2.07. The Bertz CT molecular complexity index is 543. The molecule has 0 spiro atoms. The largest absolute Gasteiger partial charge is 0.398 e. The Labute approximate surface area is 116 Å². The molecule has 7 nitrogen and oxygen atoms in total. The third kappa shape index (κ3) is 3.37. The standard InChI is InChI=1S/C13H19N3O4/c1-9-4-15(6-11(8-17)20-9)13(19)7-16-5-10(14)2-3-12(16)18/h2-3,5,9,11,17H,4,6-8,14H2,1H3. The lowest BCUT2D eigenvalue weighted by atomic mass is 10.2. The van der Waals surface area contributed by atoms with Crippen molar-refractivity contribution < 1.29 is 14.6 Å². The molecule has 3 N–H and O–H groups in total. The average molecular weight is 281 g/mol. The van der Waals surface area contributed by atoms with Gasteiger partial charge in [0.1, 0.15) is 6.54 Å². The molecule has 7 heteroatoms. The summed E-state index contributed by atoms with van der Waals surface area (Å²) in [7, 11) is 0. The maximum atomic E-state index is 12.2. The van der Waals surface area contributed by atoms with Crippen LogP contribution in [0.4, 0.5) is 5.69 Å². The second-order valence-electron chi connectivity index (χ2n) is 4.98. The summed E-state index contributed by atoms with van der Waals surface area (Å²) in [6, 6.07) is 2.84. The Hall–Kier alpha value is -1.86. The van der Waals surface area contributed by atoms with Crippen LogP contribution in [0.25, 0.3) is 0 Å². The number of rotatable bonds is 3. The number of nitrogens with zero attached hydrogens (tertiary/aromatic N) is 2. The van der Waals surface area contributed by atoms with E-state index in [4.69, 9.17) is 15.6 Å². The smallest absolute Gasteiger partial charge is 0.251 e. The van der Waals surface area contributed by atoms with Crippen LogP contribution < -0.4 is 11.3 Å². The van der Waals surface area contributed by atoms with Crippen LogP contribution in [0.3, 0.4) is 0 Å². The molecule has 0 bridgehead atoms. The normalized spacial score (nSPS) is 22.8. The molecular weight excluding hydrogens is 262 g/mol. The van der Waals surface area contributed by atoms with Gasteiger partial charge in [-0.05, 0) is 13.0 Å². The topological polar surface area (TPSA) is 97.8 Å². The molecule has 1 aromatic heterocycles. The predicted octanol–water partition coefficient (Wildman–Crippen LogP) is -0.961. The molecule has 20 heavy (non-hydrogen) atoms. The number of hydrogen-bond acceptors (Lipinski definition) is 5. The predicted molar refractivity (Wildman–Crippen MR) is 73.1 cm³/mol. The molecule has 1 aliphatic rings. The maximum Gasteiger partial charge on any atom is 0.251 e. The van der Waals surface area contributed by atoms with Crippen LogP contribution in [0.1, 0.15) is 6.92 Å². The minimum absolute atomic E-state index is 0.0608. The van der Waals surface area contributed by atoms with Gasteiger partial charge in [-0.3, -0.25) is 9.59 Å². The fourth-order valence-corrected chi connectivity index (χ4v) is 2.27. The van der Waals surface area contributed by atoms with Crippen molar-refractivity contribution >= 4 is 11.6 Å². The zero-order chi connectivity index (χ0) is 14.7. The lowest BCUT2D eigenvalue weighted by molar-refractivity contribution is -0.147. The molecule has 110 valence electrons. The number of carbonyl (C=O) groups is 1. The van der Waals surface area contributed by atoms with Crippen LogP contribution in [-0.2, 0) is 16.1 Å². The number of hydrogen-bond donors (Lipinski definition) is 2. The second kappa shape index (κ2) is 6.06. The molecular formula is C13H19N3O4. The van der Waals surface area contributed by atoms with Gasteiger partial charge in [0.15, 0.2) is 0 Å². The van der Waals surface area contributed by atoms with Crippen LogP contribution in [0.15, 0.2) is 23.1 Å². The monoisotopic (exact) mass is 281 g/mol. The number of aromatic nitrogens is 1. The van der Waals surface area contributed by atoms with E-state index in [0.717, 1.165) is 0 Å². The molecule has 0 aliphatic carbocycles. The van der Waals surface area contributed by atoms with Gasteiger partial charge in [0.05, 0.1) is 18.8 Å². The van der Waals surface area contributed by atoms with Crippen molar-refractivity contribution in [2.24, 2.45) is 0 Å². The molecule has 1 saturated heterocycles. The first kappa shape index (κ1) is 14.5. The number of pyridine rings is 1. The van der Waals surface area contributed by atoms with Crippen molar-refractivity contribution in [3.63, 3.8) is 0 Å². The number of nitrogens with two attached hydrogens (primary N) is 1. The van der Waals surface area contributed by atoms with E-state index in [2.05, 4.69) is 0 Å². The number of anilines is 1. The molecule has 1 aliphatic heterocycles. The van der Waals surface area contributed by atoms with Gasteiger partial charge >= 0.3 is 0 Å². The number of nitrogen functional groups attached to an aromatic ring is 1. The highest BCUT2D eigenvalue weighted by Gasteiger charge is 2.27. The molecule has 2 heterocycles. The van der Waals surface area contributed by atoms with Gasteiger partial charge in [0.25, 0.3) is 5.56 Å². The lowest BCUT2D eigenvalue weighted by Crippen LogP contribution is -2.51. The van der Waals surface area contributed by atoms with Gasteiger partial charge in [-0.1, -0.05) is 0 Å². The third-order valence-electron chi connectivity index (χ3n) is 3.19. The van der Waals surface area contributed by atoms with Gasteiger partial charge in [-0.15, -0.1) is 0 Å². The van der Waals surface area contributed by atoms with E-state index in [-0.39, 0.29) is 36.8 Å². The summed E-state index contributed by atoms with van der Waals surface area (Å²) in [5, 5.41) is 9.14. The second-order valence-corrected chi connectivity index (χ2v) is 4.98. The number of aliphatic hydroxyl groups excluding tert-OH is 1. The summed E-state index contributed by atoms with van der Waals surface area (Å²) in [4.78, 5) is 25.5. The van der Waals surface area contributed by atoms with E-state index in [1.54, 1.807) is 4.90 Å². The number of carbonyl (C=O) groups excluding carboxylic acids is 1. The summed E-state index contributed by atoms with van der Waals surface area (Å²) < 4.78 is 6.76. The van der Waals surface area contributed by atoms with Crippen LogP contribution in [0.2, 0.25) is 0 Å². The van der Waals surface area contributed by atoms with Gasteiger partial charge < -0.3 is 25.0 Å². The highest BCUT2D eigenvalue weighted by Crippen LogP contribution is 2.11. The summed E-state index contributed by atoms with van der Waals surface area (Å²) in [5.41, 5.74) is 5.77. The van der Waals surface area contributed by atoms with Crippen molar-refractivity contribution in [1.82, 2.24) is 9.47 Å². The molecule has 1 fully saturated rings. The van der Waals surface area contributed by atoms with E-state index in [0.29, 0.717) is 18.8 Å². The average Bonchev–Trinajstić information content (AvgIpc) is 2.42. The quantitative estimate of drug-likeness (QED) is 0.743. The highest BCUT2D eigenvalue weighted by molar-refractivity contribution is 5.76. The van der Waals surface area contributed by atoms with Gasteiger partial charge in [0, 0.05) is 31.0 Å². The van der Waals surface area contributed by atoms with Gasteiger partial charge in [0.2, 0.25) is 5.91 Å². The van der Waals surface area contributed by atoms with Crippen LogP contribution in [0, 0.1) is 0 Å². The zero-order valence-corrected chi connectivity index (χ0v) is 11.4. The minimum Gasteiger partial charge on any atom is -0.398 e. The summed E-state index contributed by atoms with van der Waals surface area (Å²) in [5.74, 6) is -0.189. The summed E-state index contributed by atoms with van der Waals surface area (Å²) in [6.07, 6.45) is 0.941. The molecule has 1 aromatic rings. The fraction of sp³-hybridized carbons (Fsp3) is 0.538. The van der Waals surface area contributed by atoms with E-state index < -0.39 is 0 Å². The molecule has 0 radical (unpaired) electrons. The Morgan fingerprint density at radius 3 is 2.95 bits per heavy atom. The van der Waals surface area contributed by atoms with Gasteiger partial charge in [-0.2, -0.15) is 0 Å². The Morgan fingerprint density at radius 2 is 2.25 bits per heavy atom. The summed E-state index contributed by atoms with van der Waals surface area (Å²) in [6.45, 7) is 2.43. The van der Waals surface area contributed by atoms with E-state index in [1.807, 2.05) is 6.92 Å². The van der Waals surface area contributed by atoms with E-state index in [1.165, 1.54) is 22.9 Å². The van der Waals surface area contributed by atoms with Crippen LogP contribution in [-0.4, -0.2) is 52.4 Å². The van der Waals surface area contributed by atoms with Crippen molar-refractivity contribution in [2.45, 2.75) is 25.7 Å². The third-order valence-corrected chi connectivity index (χ3v) is 3.19.